The molecule has 2 aromatic carbocycles. The third-order valence-electron chi connectivity index (χ3n) is 9.40. The van der Waals surface area contributed by atoms with Crippen LogP contribution in [-0.2, 0) is 0 Å². The fourth-order valence-corrected chi connectivity index (χ4v) is 7.32. The minimum absolute atomic E-state index is 0.0149. The zero-order valence-corrected chi connectivity index (χ0v) is 24.1. The van der Waals surface area contributed by atoms with Crippen molar-refractivity contribution in [2.75, 3.05) is 44.3 Å². The molecule has 5 heterocycles. The summed E-state index contributed by atoms with van der Waals surface area (Å²) in [6.07, 6.45) is 9.94. The van der Waals surface area contributed by atoms with E-state index in [9.17, 15) is 19.0 Å². The van der Waals surface area contributed by atoms with Crippen LogP contribution >= 0.6 is 0 Å². The van der Waals surface area contributed by atoms with Gasteiger partial charge in [0.2, 0.25) is 0 Å². The summed E-state index contributed by atoms with van der Waals surface area (Å²) in [5.74, 6) is 1.17. The first kappa shape index (κ1) is 28.6. The van der Waals surface area contributed by atoms with Crippen molar-refractivity contribution < 1.29 is 28.1 Å². The number of ether oxygens (including phenoxy) is 1. The first-order valence-corrected chi connectivity index (χ1v) is 15.0. The third-order valence-corrected chi connectivity index (χ3v) is 9.40. The highest BCUT2D eigenvalue weighted by Gasteiger charge is 2.49. The largest absolute Gasteiger partial charge is 0.508 e. The molecule has 0 amide bonds. The third kappa shape index (κ3) is 4.77. The van der Waals surface area contributed by atoms with Crippen LogP contribution in [0.3, 0.4) is 0 Å². The van der Waals surface area contributed by atoms with E-state index in [2.05, 4.69) is 20.8 Å². The Kier molecular flexibility index (Phi) is 7.22. The second kappa shape index (κ2) is 11.1. The lowest BCUT2D eigenvalue weighted by Crippen LogP contribution is -2.43. The Morgan fingerprint density at radius 2 is 2.00 bits per heavy atom. The average Bonchev–Trinajstić information content (AvgIpc) is 3.55. The first-order valence-electron chi connectivity index (χ1n) is 15.0. The van der Waals surface area contributed by atoms with Crippen LogP contribution in [0.2, 0.25) is 0 Å². The summed E-state index contributed by atoms with van der Waals surface area (Å²) < 4.78 is 52.0. The molecule has 0 bridgehead atoms. The monoisotopic (exact) mass is 603 g/mol. The lowest BCUT2D eigenvalue weighted by molar-refractivity contribution is 0.107. The van der Waals surface area contributed by atoms with E-state index < -0.39 is 23.3 Å². The number of terminal acetylenes is 1. The van der Waals surface area contributed by atoms with Gasteiger partial charge in [-0.25, -0.2) is 13.2 Å². The fourth-order valence-electron chi connectivity index (χ4n) is 7.32. The second-order valence-corrected chi connectivity index (χ2v) is 12.2. The molecule has 3 aliphatic rings. The maximum atomic E-state index is 16.7. The molecule has 0 aliphatic carbocycles. The van der Waals surface area contributed by atoms with E-state index in [4.69, 9.17) is 16.1 Å². The average molecular weight is 604 g/mol. The lowest BCUT2D eigenvalue weighted by Gasteiger charge is -2.34. The molecule has 0 spiro atoms. The molecule has 4 aromatic rings. The summed E-state index contributed by atoms with van der Waals surface area (Å²) in [5, 5.41) is 21.4. The van der Waals surface area contributed by atoms with Crippen LogP contribution in [0.15, 0.2) is 30.5 Å². The van der Waals surface area contributed by atoms with Gasteiger partial charge in [0, 0.05) is 49.8 Å². The zero-order valence-electron chi connectivity index (χ0n) is 24.1. The number of aliphatic hydroxyl groups is 1. The number of fused-ring (bicyclic) bond motifs is 3. The van der Waals surface area contributed by atoms with Gasteiger partial charge >= 0.3 is 6.01 Å². The molecular formula is C33H32F3N5O3. The van der Waals surface area contributed by atoms with Crippen molar-refractivity contribution >= 4 is 27.5 Å². The summed E-state index contributed by atoms with van der Waals surface area (Å²) in [5.41, 5.74) is -0.638. The van der Waals surface area contributed by atoms with Crippen molar-refractivity contribution in [2.45, 2.75) is 43.8 Å². The summed E-state index contributed by atoms with van der Waals surface area (Å²) in [6, 6.07) is 5.35. The van der Waals surface area contributed by atoms with Crippen LogP contribution in [-0.4, -0.2) is 81.2 Å². The minimum atomic E-state index is -0.934. The van der Waals surface area contributed by atoms with Crippen LogP contribution in [0, 0.1) is 29.9 Å². The van der Waals surface area contributed by atoms with Crippen molar-refractivity contribution in [1.29, 1.82) is 0 Å². The van der Waals surface area contributed by atoms with Crippen LogP contribution in [0.5, 0.6) is 11.8 Å². The summed E-state index contributed by atoms with van der Waals surface area (Å²) in [4.78, 5) is 17.7. The lowest BCUT2D eigenvalue weighted by atomic mass is 9.95. The SMILES string of the molecule is C#Cc1c(F)ccc2cc(O)cc(-c3ncc4c(N5CCCC(CO)C5)nc(OC[C@@]56CCCN5C[C@H](F)C6)nc4c3F)c12. The van der Waals surface area contributed by atoms with Crippen molar-refractivity contribution in [2.24, 2.45) is 5.92 Å². The number of alkyl halides is 1. The van der Waals surface area contributed by atoms with Gasteiger partial charge in [0.1, 0.15) is 41.4 Å². The molecule has 8 nitrogen and oxygen atoms in total. The van der Waals surface area contributed by atoms with E-state index in [1.54, 1.807) is 0 Å². The Morgan fingerprint density at radius 1 is 1.14 bits per heavy atom. The Balaban J connectivity index is 1.38. The summed E-state index contributed by atoms with van der Waals surface area (Å²) >= 11 is 0. The number of aliphatic hydroxyl groups excluding tert-OH is 1. The normalized spacial score (nSPS) is 23.8. The van der Waals surface area contributed by atoms with Crippen molar-refractivity contribution in [3.8, 4) is 35.4 Å². The quantitative estimate of drug-likeness (QED) is 0.299. The van der Waals surface area contributed by atoms with E-state index in [1.807, 2.05) is 4.90 Å². The number of pyridine rings is 1. The van der Waals surface area contributed by atoms with Gasteiger partial charge < -0.3 is 19.8 Å². The van der Waals surface area contributed by atoms with Gasteiger partial charge in [-0.05, 0) is 61.7 Å². The number of halogens is 3. The topological polar surface area (TPSA) is 94.8 Å². The highest BCUT2D eigenvalue weighted by Crippen LogP contribution is 2.42. The number of hydrogen-bond donors (Lipinski definition) is 2. The number of rotatable bonds is 6. The molecule has 3 atom stereocenters. The van der Waals surface area contributed by atoms with E-state index in [0.29, 0.717) is 42.6 Å². The number of phenolic OH excluding ortho intramolecular Hbond substituents is 1. The van der Waals surface area contributed by atoms with Crippen molar-refractivity contribution in [3.63, 3.8) is 0 Å². The molecule has 11 heteroatoms. The molecule has 3 saturated heterocycles. The van der Waals surface area contributed by atoms with E-state index in [-0.39, 0.29) is 58.6 Å². The van der Waals surface area contributed by atoms with Crippen LogP contribution in [0.25, 0.3) is 32.9 Å². The van der Waals surface area contributed by atoms with E-state index in [0.717, 1.165) is 32.2 Å². The number of piperidine rings is 1. The second-order valence-electron chi connectivity index (χ2n) is 12.2. The van der Waals surface area contributed by atoms with Crippen LogP contribution < -0.4 is 9.64 Å². The Hall–Kier alpha value is -4.14. The molecule has 228 valence electrons. The smallest absolute Gasteiger partial charge is 0.319 e. The maximum absolute atomic E-state index is 16.7. The molecule has 1 unspecified atom stereocenters. The van der Waals surface area contributed by atoms with Crippen LogP contribution in [0.4, 0.5) is 19.0 Å². The van der Waals surface area contributed by atoms with Crippen LogP contribution in [0.1, 0.15) is 37.7 Å². The number of aromatic hydroxyl groups is 1. The molecule has 3 aliphatic heterocycles. The zero-order chi connectivity index (χ0) is 30.6. The number of anilines is 1. The van der Waals surface area contributed by atoms with Gasteiger partial charge in [-0.1, -0.05) is 12.0 Å². The highest BCUT2D eigenvalue weighted by atomic mass is 19.1. The maximum Gasteiger partial charge on any atom is 0.319 e. The number of benzene rings is 2. The molecule has 0 saturated carbocycles. The molecule has 3 fully saturated rings. The number of phenols is 1. The number of aromatic nitrogens is 3. The molecule has 0 radical (unpaired) electrons. The number of hydrogen-bond acceptors (Lipinski definition) is 8. The Labute approximate surface area is 252 Å². The Morgan fingerprint density at radius 3 is 2.82 bits per heavy atom. The van der Waals surface area contributed by atoms with E-state index in [1.165, 1.54) is 30.5 Å². The predicted molar refractivity (Wildman–Crippen MR) is 160 cm³/mol. The number of nitrogens with zero attached hydrogens (tertiary/aromatic N) is 5. The molecule has 2 N–H and O–H groups in total. The van der Waals surface area contributed by atoms with Crippen molar-refractivity contribution in [3.05, 3.63) is 47.7 Å². The minimum Gasteiger partial charge on any atom is -0.508 e. The summed E-state index contributed by atoms with van der Waals surface area (Å²) in [6.45, 7) is 2.49. The van der Waals surface area contributed by atoms with Gasteiger partial charge in [-0.15, -0.1) is 6.42 Å². The van der Waals surface area contributed by atoms with Gasteiger partial charge in [-0.3, -0.25) is 9.88 Å². The fraction of sp³-hybridized carbons (Fsp3) is 0.424. The standard InChI is InChI=1S/C33H32F3N5O3/c1-2-23-26(35)7-6-20-11-22(43)12-24(27(20)23)29-28(36)30-25(14-37-29)31(40-9-3-5-19(15-40)17-42)39-32(38-30)44-18-33-8-4-10-41(33)16-21(34)13-33/h1,6-7,11-12,14,19,21,42-43H,3-5,8-10,13,15-18H2/t19?,21-,33+/m1/s1. The van der Waals surface area contributed by atoms with Gasteiger partial charge in [0.15, 0.2) is 5.82 Å². The van der Waals surface area contributed by atoms with Gasteiger partial charge in [0.25, 0.3) is 0 Å². The molecule has 7 rings (SSSR count). The predicted octanol–water partition coefficient (Wildman–Crippen LogP) is 4.97. The highest BCUT2D eigenvalue weighted by molar-refractivity contribution is 6.03. The first-order chi connectivity index (χ1) is 21.3. The van der Waals surface area contributed by atoms with E-state index >= 15 is 4.39 Å². The van der Waals surface area contributed by atoms with Gasteiger partial charge in [-0.2, -0.15) is 9.97 Å². The Bertz CT molecular complexity index is 1810. The summed E-state index contributed by atoms with van der Waals surface area (Å²) in [7, 11) is 0. The molecular weight excluding hydrogens is 571 g/mol. The molecule has 2 aromatic heterocycles. The molecule has 44 heavy (non-hydrogen) atoms. The van der Waals surface area contributed by atoms with Crippen molar-refractivity contribution in [1.82, 2.24) is 19.9 Å². The van der Waals surface area contributed by atoms with Gasteiger partial charge in [0.05, 0.1) is 16.5 Å².